The summed E-state index contributed by atoms with van der Waals surface area (Å²) in [6, 6.07) is 9.49. The number of fused-ring (bicyclic) bond motifs is 6. The van der Waals surface area contributed by atoms with Crippen molar-refractivity contribution in [3.8, 4) is 5.75 Å². The molecule has 5 heterocycles. The van der Waals surface area contributed by atoms with Crippen LogP contribution in [0.25, 0.3) is 21.8 Å². The lowest BCUT2D eigenvalue weighted by atomic mass is 9.95. The number of aromatic amines is 2. The Hall–Kier alpha value is -9.06. The number of primary amides is 1. The number of carbonyl (C=O) groups is 10. The summed E-state index contributed by atoms with van der Waals surface area (Å²) in [6.45, 7) is 6.50. The van der Waals surface area contributed by atoms with Gasteiger partial charge < -0.3 is 78.3 Å². The Morgan fingerprint density at radius 1 is 0.690 bits per heavy atom. The maximum Gasteiger partial charge on any atom is 0.246 e. The minimum absolute atomic E-state index is 0.0340. The van der Waals surface area contributed by atoms with Gasteiger partial charge in [-0.2, -0.15) is 23.5 Å². The third-order valence-corrected chi connectivity index (χ3v) is 20.7. The number of aliphatic hydroxyl groups is 1. The van der Waals surface area contributed by atoms with Gasteiger partial charge in [-0.15, -0.1) is 0 Å². The molecule has 10 amide bonds. The molecule has 2 aromatic heterocycles. The highest BCUT2D eigenvalue weighted by Gasteiger charge is 2.49. The van der Waals surface area contributed by atoms with Crippen LogP contribution in [0.1, 0.15) is 106 Å². The summed E-state index contributed by atoms with van der Waals surface area (Å²) in [5, 5.41) is 31.4. The smallest absolute Gasteiger partial charge is 0.246 e. The van der Waals surface area contributed by atoms with Crippen molar-refractivity contribution in [2.24, 2.45) is 11.5 Å². The molecule has 0 aliphatic carbocycles. The zero-order valence-corrected chi connectivity index (χ0v) is 58.3. The van der Waals surface area contributed by atoms with Gasteiger partial charge in [0, 0.05) is 96.0 Å². The SMILES string of the molecule is COc1ccc(C[C@@H]2NC(=O)[C@H]([C@@H](C)O)NC(=O)[C@@H]3CCCN3C(=O)[C@H](Cc3c[nH]c4ccc(F)cc34)NC(=O)[C@H](Cc3c[nH]c4ccc(F)cc34)NC(=O)[C@@H](C)NC(=O)[C@H](CCCCN)NC(=O)CCSCc3cc(C)cc(c3)CSC[C@@H](C(N)=O)NC(=O)[C@]3(C)CCCN3C2=O)cc1. The van der Waals surface area contributed by atoms with E-state index in [9.17, 15) is 43.1 Å². The number of ether oxygens (including phenoxy) is 1. The second-order valence-electron chi connectivity index (χ2n) is 26.1. The molecule has 0 radical (unpaired) electrons. The van der Waals surface area contributed by atoms with E-state index in [0.29, 0.717) is 87.3 Å². The second-order valence-corrected chi connectivity index (χ2v) is 28.3. The molecule has 3 aliphatic rings. The summed E-state index contributed by atoms with van der Waals surface area (Å²) in [6.07, 6.45) is 2.73. The number of rotatable bonds is 13. The first-order valence-electron chi connectivity index (χ1n) is 33.6. The Kier molecular flexibility index (Phi) is 25.8. The second kappa shape index (κ2) is 34.3. The lowest BCUT2D eigenvalue weighted by molar-refractivity contribution is -0.147. The number of carbonyl (C=O) groups excluding carboxylic acids is 10. The van der Waals surface area contributed by atoms with E-state index in [1.54, 1.807) is 31.2 Å². The molecule has 100 heavy (non-hydrogen) atoms. The summed E-state index contributed by atoms with van der Waals surface area (Å²) in [5.41, 5.74) is 15.4. The van der Waals surface area contributed by atoms with Crippen LogP contribution in [0.2, 0.25) is 0 Å². The number of benzene rings is 4. The molecular weight excluding hydrogens is 1330 g/mol. The van der Waals surface area contributed by atoms with Gasteiger partial charge in [0.1, 0.15) is 71.3 Å². The van der Waals surface area contributed by atoms with Gasteiger partial charge in [0.25, 0.3) is 0 Å². The number of hydrogen-bond donors (Lipinski definition) is 12. The highest BCUT2D eigenvalue weighted by Crippen LogP contribution is 2.32. The number of nitrogens with zero attached hydrogens (tertiary/aromatic N) is 2. The molecule has 29 heteroatoms. The number of aliphatic hydroxyl groups excluding tert-OH is 1. The summed E-state index contributed by atoms with van der Waals surface area (Å²) in [7, 11) is 1.48. The van der Waals surface area contributed by atoms with Crippen LogP contribution < -0.4 is 53.4 Å². The number of H-pyrrole nitrogens is 2. The summed E-state index contributed by atoms with van der Waals surface area (Å²) < 4.78 is 35.3. The Bertz CT molecular complexity index is 3990. The lowest BCUT2D eigenvalue weighted by Gasteiger charge is -2.37. The molecule has 10 atom stereocenters. The maximum atomic E-state index is 15.4. The number of unbranched alkanes of at least 4 members (excludes halogenated alkanes) is 1. The molecule has 9 rings (SSSR count). The van der Waals surface area contributed by atoms with E-state index in [1.807, 2.05) is 25.1 Å². The highest BCUT2D eigenvalue weighted by molar-refractivity contribution is 7.98. The van der Waals surface area contributed by atoms with Gasteiger partial charge in [-0.3, -0.25) is 47.9 Å². The predicted molar refractivity (Wildman–Crippen MR) is 376 cm³/mol. The fourth-order valence-corrected chi connectivity index (χ4v) is 15.0. The van der Waals surface area contributed by atoms with Crippen LogP contribution in [0.3, 0.4) is 0 Å². The van der Waals surface area contributed by atoms with Gasteiger partial charge >= 0.3 is 0 Å². The zero-order chi connectivity index (χ0) is 71.9. The Labute approximate surface area is 586 Å². The molecular formula is C71H89F2N13O12S2. The fraction of sp³-hybridized carbons (Fsp3) is 0.465. The molecule has 2 fully saturated rings. The summed E-state index contributed by atoms with van der Waals surface area (Å²) in [5.74, 6) is -7.01. The molecule has 2 saturated heterocycles. The predicted octanol–water partition coefficient (Wildman–Crippen LogP) is 3.62. The van der Waals surface area contributed by atoms with E-state index in [-0.39, 0.29) is 70.2 Å². The van der Waals surface area contributed by atoms with Crippen LogP contribution >= 0.6 is 23.5 Å². The highest BCUT2D eigenvalue weighted by atomic mass is 32.2. The van der Waals surface area contributed by atoms with Crippen LogP contribution in [-0.4, -0.2) is 182 Å². The van der Waals surface area contributed by atoms with Crippen LogP contribution in [0.15, 0.2) is 91.3 Å². The molecule has 0 spiro atoms. The Balaban J connectivity index is 1.05. The van der Waals surface area contributed by atoms with E-state index >= 15 is 18.8 Å². The van der Waals surface area contributed by atoms with Crippen molar-refractivity contribution in [3.63, 3.8) is 0 Å². The van der Waals surface area contributed by atoms with Crippen molar-refractivity contribution >= 4 is 104 Å². The van der Waals surface area contributed by atoms with Crippen LogP contribution in [0.5, 0.6) is 5.75 Å². The first kappa shape index (κ1) is 75.1. The zero-order valence-electron chi connectivity index (χ0n) is 56.6. The number of hydrogen-bond acceptors (Lipinski definition) is 15. The van der Waals surface area contributed by atoms with Crippen molar-refractivity contribution in [1.29, 1.82) is 0 Å². The van der Waals surface area contributed by atoms with Gasteiger partial charge in [0.2, 0.25) is 59.1 Å². The van der Waals surface area contributed by atoms with Crippen molar-refractivity contribution < 1.29 is 66.6 Å². The number of aryl methyl sites for hydroxylation is 1. The first-order chi connectivity index (χ1) is 47.8. The Morgan fingerprint density at radius 2 is 1.30 bits per heavy atom. The van der Waals surface area contributed by atoms with E-state index in [2.05, 4.69) is 47.2 Å². The van der Waals surface area contributed by atoms with Crippen molar-refractivity contribution in [2.45, 2.75) is 170 Å². The minimum Gasteiger partial charge on any atom is -0.497 e. The molecule has 0 saturated carbocycles. The van der Waals surface area contributed by atoms with Gasteiger partial charge in [0.15, 0.2) is 0 Å². The number of nitrogens with one attached hydrogen (secondary N) is 9. The molecule has 2 bridgehead atoms. The quantitative estimate of drug-likeness (QED) is 0.0735. The fourth-order valence-electron chi connectivity index (χ4n) is 13.1. The van der Waals surface area contributed by atoms with Gasteiger partial charge in [-0.25, -0.2) is 8.78 Å². The molecule has 3 aliphatic heterocycles. The normalized spacial score (nSPS) is 24.6. The first-order valence-corrected chi connectivity index (χ1v) is 35.9. The topological polar surface area (TPSA) is 374 Å². The molecule has 6 aromatic rings. The molecule has 25 nitrogen and oxygen atoms in total. The van der Waals surface area contributed by atoms with Crippen LogP contribution in [0, 0.1) is 18.6 Å². The standard InChI is InChI=1S/C71H89F2N13O12S2/c1-39-26-43-28-44(27-39)37-100-38-58(62(75)89)83-70(97)71(4)21-9-24-86(71)69(96)56(29-42-12-16-49(98-5)17-13-42)82-67(94)61(41(3)87)84-66(93)59-11-8-23-85(59)68(95)57(31-46-35-77-53-19-15-48(73)33-51(46)53)81-65(92)55(30-45-34-76-52-18-14-47(72)32-50(45)52)80-63(90)40(2)78-64(91)54(10-6-7-22-74)79-60(88)20-25-99-36-43/h12-19,26-28,32-35,40-41,54-59,61,76-77,87H,6-11,20-25,29-31,36-38,74H2,1-5H3,(H2,75,89)(H,78,91)(H,79,88)(H,80,90)(H,81,92)(H,82,94)(H,83,97)(H,84,93)/t40-,41-,54+,55+,56+,57+,58+,59+,61+,71+/m1/s1. The van der Waals surface area contributed by atoms with Crippen LogP contribution in [0.4, 0.5) is 8.78 Å². The average molecular weight is 1420 g/mol. The summed E-state index contributed by atoms with van der Waals surface area (Å²) in [4.78, 5) is 154. The largest absolute Gasteiger partial charge is 0.497 e. The van der Waals surface area contributed by atoms with Crippen molar-refractivity contribution in [2.75, 3.05) is 38.2 Å². The monoisotopic (exact) mass is 1420 g/mol. The number of methoxy groups -OCH3 is 1. The maximum absolute atomic E-state index is 15.4. The van der Waals surface area contributed by atoms with Crippen molar-refractivity contribution in [3.05, 3.63) is 136 Å². The van der Waals surface area contributed by atoms with E-state index in [4.69, 9.17) is 16.2 Å². The van der Waals surface area contributed by atoms with Gasteiger partial charge in [0.05, 0.1) is 13.2 Å². The van der Waals surface area contributed by atoms with Crippen LogP contribution in [-0.2, 0) is 78.7 Å². The lowest BCUT2D eigenvalue weighted by Crippen LogP contribution is -2.64. The Morgan fingerprint density at radius 3 is 1.93 bits per heavy atom. The third kappa shape index (κ3) is 19.1. The average Bonchev–Trinajstić information content (AvgIpc) is 1.58. The summed E-state index contributed by atoms with van der Waals surface area (Å²) >= 11 is 2.86. The van der Waals surface area contributed by atoms with E-state index < -0.39 is 131 Å². The molecule has 536 valence electrons. The minimum atomic E-state index is -1.75. The van der Waals surface area contributed by atoms with E-state index in [0.717, 1.165) is 16.7 Å². The number of thioether (sulfide) groups is 2. The van der Waals surface area contributed by atoms with Gasteiger partial charge in [-0.1, -0.05) is 35.9 Å². The van der Waals surface area contributed by atoms with Gasteiger partial charge in [-0.05, 0) is 156 Å². The van der Waals surface area contributed by atoms with Crippen molar-refractivity contribution in [1.82, 2.24) is 57.0 Å². The third-order valence-electron chi connectivity index (χ3n) is 18.6. The molecule has 0 unspecified atom stereocenters. The number of nitrogens with two attached hydrogens (primary N) is 2. The number of amides is 10. The number of aromatic nitrogens is 2. The molecule has 14 N–H and O–H groups in total. The number of halogens is 2. The molecule has 4 aromatic carbocycles. The van der Waals surface area contributed by atoms with E-state index in [1.165, 1.54) is 103 Å².